The third-order valence-corrected chi connectivity index (χ3v) is 7.47. The van der Waals surface area contributed by atoms with Crippen LogP contribution in [-0.2, 0) is 4.79 Å². The predicted molar refractivity (Wildman–Crippen MR) is 82.8 cm³/mol. The Morgan fingerprint density at radius 2 is 1.90 bits per heavy atom. The van der Waals surface area contributed by atoms with Crippen molar-refractivity contribution in [2.45, 2.75) is 58.8 Å². The molecule has 0 saturated heterocycles. The van der Waals surface area contributed by atoms with Crippen LogP contribution in [0.4, 0.5) is 0 Å². The second-order valence-electron chi connectivity index (χ2n) is 8.25. The molecule has 5 atom stereocenters. The number of rotatable bonds is 0. The van der Waals surface area contributed by atoms with E-state index in [1.807, 2.05) is 6.08 Å². The molecule has 114 valence electrons. The van der Waals surface area contributed by atoms with Gasteiger partial charge >= 0.3 is 0 Å². The summed E-state index contributed by atoms with van der Waals surface area (Å²) in [5.41, 5.74) is 1.65. The van der Waals surface area contributed by atoms with Gasteiger partial charge in [-0.25, -0.2) is 0 Å². The molecule has 0 aromatic carbocycles. The Kier molecular flexibility index (Phi) is 2.75. The fourth-order valence-electron chi connectivity index (χ4n) is 6.08. The molecule has 0 aromatic rings. The topological polar surface area (TPSA) is 37.3 Å². The number of aliphatic hydroxyl groups is 1. The molecule has 2 nitrogen and oxygen atoms in total. The lowest BCUT2D eigenvalue weighted by Crippen LogP contribution is -2.49. The number of hydrogen-bond donors (Lipinski definition) is 1. The maximum Gasteiger partial charge on any atom is 0.139 e. The summed E-state index contributed by atoms with van der Waals surface area (Å²) in [5.74, 6) is 3.04. The van der Waals surface area contributed by atoms with E-state index >= 15 is 0 Å². The number of hydrogen-bond acceptors (Lipinski definition) is 2. The van der Waals surface area contributed by atoms with Gasteiger partial charge in [-0.2, -0.15) is 0 Å². The lowest BCUT2D eigenvalue weighted by Gasteiger charge is -2.55. The van der Waals surface area contributed by atoms with E-state index in [2.05, 4.69) is 19.9 Å². The van der Waals surface area contributed by atoms with Crippen molar-refractivity contribution in [1.29, 1.82) is 0 Å². The first kappa shape index (κ1) is 13.6. The minimum absolute atomic E-state index is 0.0322. The van der Waals surface area contributed by atoms with Gasteiger partial charge in [-0.1, -0.05) is 25.5 Å². The van der Waals surface area contributed by atoms with Crippen molar-refractivity contribution in [3.05, 3.63) is 23.5 Å². The summed E-state index contributed by atoms with van der Waals surface area (Å²) in [7, 11) is 0. The van der Waals surface area contributed by atoms with E-state index in [0.717, 1.165) is 38.5 Å². The van der Waals surface area contributed by atoms with Crippen molar-refractivity contribution in [1.82, 2.24) is 0 Å². The number of ketones is 1. The second-order valence-corrected chi connectivity index (χ2v) is 8.25. The molecule has 2 heteroatoms. The lowest BCUT2D eigenvalue weighted by atomic mass is 9.49. The summed E-state index contributed by atoms with van der Waals surface area (Å²) in [6.07, 6.45) is 11.5. The fraction of sp³-hybridized carbons (Fsp3) is 0.737. The van der Waals surface area contributed by atoms with Gasteiger partial charge in [0.1, 0.15) is 5.78 Å². The summed E-state index contributed by atoms with van der Waals surface area (Å²) < 4.78 is 0. The Bertz CT molecular complexity index is 558. The number of Topliss-reactive ketones (excluding diaryl/α,β-unsaturated/α-hetero) is 1. The van der Waals surface area contributed by atoms with Gasteiger partial charge in [0, 0.05) is 18.3 Å². The Balaban J connectivity index is 1.71. The minimum atomic E-state index is -0.0322. The van der Waals surface area contributed by atoms with Crippen LogP contribution in [0.1, 0.15) is 58.8 Å². The number of fused-ring (bicyclic) bond motifs is 5. The standard InChI is InChI=1S/C19H26O2/c1-18-9-7-13(20)11-12(18)3-4-14-15-5-6-17(21)19(15,2)10-8-16(14)18/h3,7,14-16,20H,4-6,8-11H2,1-2H3/t14-,15-,16-,18-,19-/m0/s1. The van der Waals surface area contributed by atoms with Crippen LogP contribution >= 0.6 is 0 Å². The van der Waals surface area contributed by atoms with E-state index in [1.54, 1.807) is 0 Å². The molecule has 0 heterocycles. The van der Waals surface area contributed by atoms with E-state index in [-0.39, 0.29) is 10.8 Å². The molecule has 0 unspecified atom stereocenters. The zero-order valence-electron chi connectivity index (χ0n) is 13.2. The summed E-state index contributed by atoms with van der Waals surface area (Å²) in [6.45, 7) is 4.63. The molecule has 21 heavy (non-hydrogen) atoms. The average Bonchev–Trinajstić information content (AvgIpc) is 2.76. The number of carbonyl (C=O) groups excluding carboxylic acids is 1. The first-order valence-corrected chi connectivity index (χ1v) is 8.56. The van der Waals surface area contributed by atoms with Crippen molar-refractivity contribution < 1.29 is 9.90 Å². The molecule has 1 N–H and O–H groups in total. The minimum Gasteiger partial charge on any atom is -0.512 e. The van der Waals surface area contributed by atoms with Crippen LogP contribution in [0.2, 0.25) is 0 Å². The fourth-order valence-corrected chi connectivity index (χ4v) is 6.08. The maximum absolute atomic E-state index is 12.4. The van der Waals surface area contributed by atoms with Gasteiger partial charge in [-0.15, -0.1) is 0 Å². The van der Waals surface area contributed by atoms with Crippen LogP contribution in [0.25, 0.3) is 0 Å². The number of aliphatic hydroxyl groups excluding tert-OH is 1. The third kappa shape index (κ3) is 1.68. The summed E-state index contributed by atoms with van der Waals surface area (Å²) in [5, 5.41) is 9.86. The molecule has 0 spiro atoms. The van der Waals surface area contributed by atoms with Gasteiger partial charge in [0.15, 0.2) is 0 Å². The van der Waals surface area contributed by atoms with Gasteiger partial charge in [-0.3, -0.25) is 4.79 Å². The van der Waals surface area contributed by atoms with Crippen molar-refractivity contribution in [3.63, 3.8) is 0 Å². The molecule has 2 saturated carbocycles. The molecular weight excluding hydrogens is 260 g/mol. The van der Waals surface area contributed by atoms with Crippen LogP contribution in [0.3, 0.4) is 0 Å². The highest BCUT2D eigenvalue weighted by Gasteiger charge is 2.58. The Morgan fingerprint density at radius 3 is 2.71 bits per heavy atom. The van der Waals surface area contributed by atoms with Crippen molar-refractivity contribution >= 4 is 5.78 Å². The van der Waals surface area contributed by atoms with E-state index < -0.39 is 0 Å². The summed E-state index contributed by atoms with van der Waals surface area (Å²) in [6, 6.07) is 0. The van der Waals surface area contributed by atoms with Crippen LogP contribution in [0, 0.1) is 28.6 Å². The van der Waals surface area contributed by atoms with E-state index in [0.29, 0.717) is 29.3 Å². The van der Waals surface area contributed by atoms with Crippen LogP contribution in [0.15, 0.2) is 23.5 Å². The van der Waals surface area contributed by atoms with E-state index in [1.165, 1.54) is 12.0 Å². The first-order valence-electron chi connectivity index (χ1n) is 8.56. The molecule has 2 fully saturated rings. The van der Waals surface area contributed by atoms with Gasteiger partial charge < -0.3 is 5.11 Å². The quantitative estimate of drug-likeness (QED) is 0.662. The molecular formula is C19H26O2. The van der Waals surface area contributed by atoms with Gasteiger partial charge in [0.2, 0.25) is 0 Å². The Labute approximate surface area is 127 Å². The summed E-state index contributed by atoms with van der Waals surface area (Å²) in [4.78, 5) is 12.4. The largest absolute Gasteiger partial charge is 0.512 e. The molecule has 4 rings (SSSR count). The predicted octanol–water partition coefficient (Wildman–Crippen LogP) is 4.57. The molecule has 0 aliphatic heterocycles. The first-order chi connectivity index (χ1) is 9.95. The smallest absolute Gasteiger partial charge is 0.139 e. The highest BCUT2D eigenvalue weighted by Crippen LogP contribution is 2.63. The maximum atomic E-state index is 12.4. The van der Waals surface area contributed by atoms with Crippen molar-refractivity contribution in [3.8, 4) is 0 Å². The van der Waals surface area contributed by atoms with Crippen molar-refractivity contribution in [2.75, 3.05) is 0 Å². The molecule has 4 aliphatic carbocycles. The lowest BCUT2D eigenvalue weighted by molar-refractivity contribution is -0.131. The molecule has 4 aliphatic rings. The van der Waals surface area contributed by atoms with Gasteiger partial charge in [-0.05, 0) is 61.3 Å². The van der Waals surface area contributed by atoms with Gasteiger partial charge in [0.05, 0.1) is 5.76 Å². The van der Waals surface area contributed by atoms with Crippen LogP contribution in [0.5, 0.6) is 0 Å². The summed E-state index contributed by atoms with van der Waals surface area (Å²) >= 11 is 0. The molecule has 0 amide bonds. The van der Waals surface area contributed by atoms with E-state index in [9.17, 15) is 9.90 Å². The average molecular weight is 286 g/mol. The zero-order valence-corrected chi connectivity index (χ0v) is 13.2. The van der Waals surface area contributed by atoms with E-state index in [4.69, 9.17) is 0 Å². The molecule has 0 bridgehead atoms. The molecule has 0 radical (unpaired) electrons. The SMILES string of the molecule is C[C@]12CC=C(O)CC1=CC[C@@H]1[C@@H]2CC[C@]2(C)C(=O)CC[C@@H]12. The van der Waals surface area contributed by atoms with Gasteiger partial charge in [0.25, 0.3) is 0 Å². The highest BCUT2D eigenvalue weighted by molar-refractivity contribution is 5.87. The number of allylic oxidation sites excluding steroid dienone is 3. The van der Waals surface area contributed by atoms with Crippen molar-refractivity contribution in [2.24, 2.45) is 28.6 Å². The van der Waals surface area contributed by atoms with Crippen LogP contribution in [-0.4, -0.2) is 10.9 Å². The third-order valence-electron chi connectivity index (χ3n) is 7.47. The highest BCUT2D eigenvalue weighted by atomic mass is 16.3. The molecule has 0 aromatic heterocycles. The number of carbonyl (C=O) groups is 1. The normalized spacial score (nSPS) is 48.9. The Hall–Kier alpha value is -1.05. The monoisotopic (exact) mass is 286 g/mol. The second kappa shape index (κ2) is 4.24. The Morgan fingerprint density at radius 1 is 1.14 bits per heavy atom. The zero-order chi connectivity index (χ0) is 14.8. The van der Waals surface area contributed by atoms with Crippen LogP contribution < -0.4 is 0 Å².